The first-order valence-electron chi connectivity index (χ1n) is 7.92. The van der Waals surface area contributed by atoms with Crippen LogP contribution in [0.15, 0.2) is 34.9 Å². The smallest absolute Gasteiger partial charge is 0.340 e. The molecule has 0 bridgehead atoms. The number of hydrogen-bond acceptors (Lipinski definition) is 6. The molecule has 0 aliphatic heterocycles. The van der Waals surface area contributed by atoms with Crippen molar-refractivity contribution in [2.45, 2.75) is 26.8 Å². The highest BCUT2D eigenvalue weighted by Gasteiger charge is 2.16. The van der Waals surface area contributed by atoms with Gasteiger partial charge in [0.2, 0.25) is 0 Å². The average molecular weight is 360 g/mol. The van der Waals surface area contributed by atoms with Gasteiger partial charge in [0.05, 0.1) is 11.3 Å². The number of nitrogens with one attached hydrogen (secondary N) is 3. The Morgan fingerprint density at radius 3 is 2.58 bits per heavy atom. The number of esters is 1. The van der Waals surface area contributed by atoms with Crippen molar-refractivity contribution in [2.24, 2.45) is 0 Å². The first-order valence-corrected chi connectivity index (χ1v) is 7.92. The summed E-state index contributed by atoms with van der Waals surface area (Å²) in [6, 6.07) is 7.38. The third-order valence-electron chi connectivity index (χ3n) is 3.04. The number of anilines is 2. The largest absolute Gasteiger partial charge is 0.452 e. The molecule has 138 valence electrons. The summed E-state index contributed by atoms with van der Waals surface area (Å²) in [5.41, 5.74) is 0.416. The number of amides is 3. The number of nitrogens with zero attached hydrogens (tertiary/aromatic N) is 1. The lowest BCUT2D eigenvalue weighted by atomic mass is 10.2. The van der Waals surface area contributed by atoms with E-state index in [-0.39, 0.29) is 23.1 Å². The molecule has 1 heterocycles. The van der Waals surface area contributed by atoms with Gasteiger partial charge in [-0.15, -0.1) is 0 Å². The van der Waals surface area contributed by atoms with Gasteiger partial charge in [0.15, 0.2) is 12.4 Å². The third-order valence-corrected chi connectivity index (χ3v) is 3.04. The van der Waals surface area contributed by atoms with E-state index in [0.717, 1.165) is 0 Å². The van der Waals surface area contributed by atoms with Crippen molar-refractivity contribution in [3.8, 4) is 0 Å². The summed E-state index contributed by atoms with van der Waals surface area (Å²) in [6.45, 7) is 4.81. The Morgan fingerprint density at radius 2 is 1.92 bits per heavy atom. The van der Waals surface area contributed by atoms with Crippen molar-refractivity contribution in [1.29, 1.82) is 0 Å². The van der Waals surface area contributed by atoms with Crippen LogP contribution in [0.5, 0.6) is 0 Å². The Labute approximate surface area is 150 Å². The summed E-state index contributed by atoms with van der Waals surface area (Å²) in [4.78, 5) is 35.8. The zero-order chi connectivity index (χ0) is 19.1. The van der Waals surface area contributed by atoms with Crippen LogP contribution in [0.3, 0.4) is 0 Å². The van der Waals surface area contributed by atoms with Crippen LogP contribution in [0.2, 0.25) is 0 Å². The fourth-order valence-corrected chi connectivity index (χ4v) is 2.00. The number of urea groups is 1. The summed E-state index contributed by atoms with van der Waals surface area (Å²) < 4.78 is 9.81. The summed E-state index contributed by atoms with van der Waals surface area (Å²) in [7, 11) is 0. The van der Waals surface area contributed by atoms with Crippen molar-refractivity contribution in [2.75, 3.05) is 17.2 Å². The van der Waals surface area contributed by atoms with Crippen LogP contribution < -0.4 is 16.0 Å². The molecule has 2 rings (SSSR count). The van der Waals surface area contributed by atoms with Crippen molar-refractivity contribution in [1.82, 2.24) is 10.5 Å². The molecule has 0 atom stereocenters. The van der Waals surface area contributed by atoms with Crippen LogP contribution >= 0.6 is 0 Å². The number of rotatable bonds is 6. The Bertz CT molecular complexity index is 800. The lowest BCUT2D eigenvalue weighted by Gasteiger charge is -2.13. The van der Waals surface area contributed by atoms with Crippen LogP contribution in [0.25, 0.3) is 0 Å². The van der Waals surface area contributed by atoms with Gasteiger partial charge in [-0.3, -0.25) is 4.79 Å². The van der Waals surface area contributed by atoms with Crippen LogP contribution in [0, 0.1) is 6.92 Å². The first-order chi connectivity index (χ1) is 12.3. The Hall–Kier alpha value is -3.36. The van der Waals surface area contributed by atoms with Gasteiger partial charge in [0, 0.05) is 12.1 Å². The van der Waals surface area contributed by atoms with E-state index in [1.807, 2.05) is 13.8 Å². The number of benzene rings is 1. The summed E-state index contributed by atoms with van der Waals surface area (Å²) in [6.07, 6.45) is 0. The standard InChI is InChI=1S/C17H20N4O5/c1-10(2)18-17(24)19-13-7-5-4-6-12(13)16(23)25-9-15(22)20-14-8-11(3)26-21-14/h4-8,10H,9H2,1-3H3,(H2,18,19,24)(H,20,21,22). The maximum atomic E-state index is 12.2. The van der Waals surface area contributed by atoms with Gasteiger partial charge in [-0.25, -0.2) is 9.59 Å². The Kier molecular flexibility index (Phi) is 6.31. The SMILES string of the molecule is Cc1cc(NC(=O)COC(=O)c2ccccc2NC(=O)NC(C)C)no1. The summed E-state index contributed by atoms with van der Waals surface area (Å²) >= 11 is 0. The van der Waals surface area contributed by atoms with E-state index in [1.165, 1.54) is 12.1 Å². The molecule has 0 spiro atoms. The van der Waals surface area contributed by atoms with Crippen LogP contribution in [-0.2, 0) is 9.53 Å². The molecule has 0 aliphatic carbocycles. The number of ether oxygens (including phenoxy) is 1. The molecule has 3 amide bonds. The van der Waals surface area contributed by atoms with E-state index >= 15 is 0 Å². The molecule has 0 saturated carbocycles. The minimum absolute atomic E-state index is 0.0574. The molecular formula is C17H20N4O5. The van der Waals surface area contributed by atoms with Crippen LogP contribution in [0.4, 0.5) is 16.3 Å². The Balaban J connectivity index is 1.94. The molecule has 9 nitrogen and oxygen atoms in total. The normalized spacial score (nSPS) is 10.3. The van der Waals surface area contributed by atoms with E-state index < -0.39 is 24.5 Å². The molecular weight excluding hydrogens is 340 g/mol. The number of aromatic nitrogens is 1. The van der Waals surface area contributed by atoms with E-state index in [1.54, 1.807) is 25.1 Å². The first kappa shape index (κ1) is 19.0. The second-order valence-electron chi connectivity index (χ2n) is 5.75. The predicted molar refractivity (Wildman–Crippen MR) is 93.9 cm³/mol. The van der Waals surface area contributed by atoms with Gasteiger partial charge < -0.3 is 25.2 Å². The van der Waals surface area contributed by atoms with Gasteiger partial charge >= 0.3 is 12.0 Å². The number of aryl methyl sites for hydroxylation is 1. The van der Waals surface area contributed by atoms with E-state index in [9.17, 15) is 14.4 Å². The molecule has 0 fully saturated rings. The zero-order valence-electron chi connectivity index (χ0n) is 14.7. The van der Waals surface area contributed by atoms with E-state index in [2.05, 4.69) is 21.1 Å². The number of para-hydroxylation sites is 1. The third kappa shape index (κ3) is 5.62. The maximum Gasteiger partial charge on any atom is 0.340 e. The second-order valence-corrected chi connectivity index (χ2v) is 5.75. The van der Waals surface area contributed by atoms with E-state index in [0.29, 0.717) is 5.76 Å². The fourth-order valence-electron chi connectivity index (χ4n) is 2.00. The molecule has 0 saturated heterocycles. The van der Waals surface area contributed by atoms with Crippen molar-refractivity contribution < 1.29 is 23.6 Å². The van der Waals surface area contributed by atoms with Crippen LogP contribution in [0.1, 0.15) is 30.0 Å². The molecule has 0 radical (unpaired) electrons. The average Bonchev–Trinajstić information content (AvgIpc) is 2.97. The number of carbonyl (C=O) groups excluding carboxylic acids is 3. The molecule has 1 aromatic carbocycles. The quantitative estimate of drug-likeness (QED) is 0.679. The molecule has 26 heavy (non-hydrogen) atoms. The van der Waals surface area contributed by atoms with Gasteiger partial charge in [-0.1, -0.05) is 17.3 Å². The highest BCUT2D eigenvalue weighted by atomic mass is 16.5. The Morgan fingerprint density at radius 1 is 1.19 bits per heavy atom. The highest BCUT2D eigenvalue weighted by Crippen LogP contribution is 2.16. The molecule has 0 unspecified atom stereocenters. The maximum absolute atomic E-state index is 12.2. The molecule has 9 heteroatoms. The monoisotopic (exact) mass is 360 g/mol. The number of hydrogen-bond donors (Lipinski definition) is 3. The lowest BCUT2D eigenvalue weighted by molar-refractivity contribution is -0.119. The number of carbonyl (C=O) groups is 3. The van der Waals surface area contributed by atoms with Crippen LogP contribution in [-0.4, -0.2) is 35.7 Å². The molecule has 1 aromatic heterocycles. The predicted octanol–water partition coefficient (Wildman–Crippen LogP) is 2.31. The van der Waals surface area contributed by atoms with Gasteiger partial charge in [0.25, 0.3) is 5.91 Å². The zero-order valence-corrected chi connectivity index (χ0v) is 14.7. The fraction of sp³-hybridized carbons (Fsp3) is 0.294. The summed E-state index contributed by atoms with van der Waals surface area (Å²) in [5.74, 6) is -0.528. The van der Waals surface area contributed by atoms with Crippen molar-refractivity contribution in [3.05, 3.63) is 41.7 Å². The van der Waals surface area contributed by atoms with Gasteiger partial charge in [-0.2, -0.15) is 0 Å². The second kappa shape index (κ2) is 8.65. The summed E-state index contributed by atoms with van der Waals surface area (Å²) in [5, 5.41) is 11.3. The van der Waals surface area contributed by atoms with E-state index in [4.69, 9.17) is 9.26 Å². The highest BCUT2D eigenvalue weighted by molar-refractivity contribution is 6.02. The minimum Gasteiger partial charge on any atom is -0.452 e. The topological polar surface area (TPSA) is 123 Å². The molecule has 2 aromatic rings. The minimum atomic E-state index is -0.739. The van der Waals surface area contributed by atoms with Gasteiger partial charge in [-0.05, 0) is 32.9 Å². The van der Waals surface area contributed by atoms with Crippen molar-refractivity contribution in [3.63, 3.8) is 0 Å². The van der Waals surface area contributed by atoms with Crippen molar-refractivity contribution >= 4 is 29.4 Å². The lowest BCUT2D eigenvalue weighted by Crippen LogP contribution is -2.34. The van der Waals surface area contributed by atoms with Gasteiger partial charge in [0.1, 0.15) is 5.76 Å². The molecule has 0 aliphatic rings. The molecule has 3 N–H and O–H groups in total.